The maximum absolute atomic E-state index is 13.5. The summed E-state index contributed by atoms with van der Waals surface area (Å²) >= 11 is 1.30. The van der Waals surface area contributed by atoms with Crippen LogP contribution in [-0.4, -0.2) is 24.3 Å². The molecule has 4 rings (SSSR count). The average Bonchev–Trinajstić information content (AvgIpc) is 3.08. The van der Waals surface area contributed by atoms with E-state index in [0.29, 0.717) is 31.9 Å². The van der Waals surface area contributed by atoms with Crippen molar-refractivity contribution in [1.29, 1.82) is 0 Å². The number of thiazole rings is 1. The number of carbonyl (C=O) groups is 1. The van der Waals surface area contributed by atoms with Crippen LogP contribution in [0.4, 0.5) is 0 Å². The van der Waals surface area contributed by atoms with Gasteiger partial charge in [0, 0.05) is 5.56 Å². The van der Waals surface area contributed by atoms with E-state index in [-0.39, 0.29) is 12.2 Å². The van der Waals surface area contributed by atoms with Crippen LogP contribution in [-0.2, 0) is 9.53 Å². The van der Waals surface area contributed by atoms with E-state index in [2.05, 4.69) is 4.99 Å². The molecule has 0 spiro atoms. The molecule has 0 saturated heterocycles. The molecule has 2 heterocycles. The third-order valence-corrected chi connectivity index (χ3v) is 6.03. The molecule has 31 heavy (non-hydrogen) atoms. The number of hydrogen-bond acceptors (Lipinski definition) is 6. The first kappa shape index (κ1) is 20.8. The number of nitrogens with zero attached hydrogens (tertiary/aromatic N) is 2. The van der Waals surface area contributed by atoms with Gasteiger partial charge in [-0.1, -0.05) is 59.9 Å². The van der Waals surface area contributed by atoms with Crippen LogP contribution in [0.5, 0.6) is 5.75 Å². The van der Waals surface area contributed by atoms with Gasteiger partial charge in [0.25, 0.3) is 5.56 Å². The Balaban J connectivity index is 2.00. The van der Waals surface area contributed by atoms with Crippen LogP contribution in [0.3, 0.4) is 0 Å². The van der Waals surface area contributed by atoms with Gasteiger partial charge < -0.3 is 9.47 Å². The molecule has 0 radical (unpaired) electrons. The number of esters is 1. The van der Waals surface area contributed by atoms with Crippen molar-refractivity contribution in [3.63, 3.8) is 0 Å². The number of aromatic nitrogens is 1. The molecule has 0 aliphatic carbocycles. The first-order valence-electron chi connectivity index (χ1n) is 9.92. The van der Waals surface area contributed by atoms with Gasteiger partial charge in [-0.3, -0.25) is 9.36 Å². The van der Waals surface area contributed by atoms with Crippen LogP contribution < -0.4 is 19.6 Å². The molecule has 1 aliphatic heterocycles. The third-order valence-electron chi connectivity index (χ3n) is 5.05. The van der Waals surface area contributed by atoms with E-state index in [1.165, 1.54) is 11.3 Å². The summed E-state index contributed by atoms with van der Waals surface area (Å²) in [4.78, 5) is 31.5. The lowest BCUT2D eigenvalue weighted by atomic mass is 9.95. The minimum atomic E-state index is -0.690. The highest BCUT2D eigenvalue weighted by Crippen LogP contribution is 2.35. The monoisotopic (exact) mass is 434 g/mol. The van der Waals surface area contributed by atoms with Gasteiger partial charge in [0.05, 0.1) is 29.5 Å². The second-order valence-corrected chi connectivity index (χ2v) is 7.96. The van der Waals surface area contributed by atoms with Crippen LogP contribution in [0.25, 0.3) is 6.08 Å². The zero-order valence-electron chi connectivity index (χ0n) is 17.5. The van der Waals surface area contributed by atoms with Gasteiger partial charge in [-0.2, -0.15) is 0 Å². The van der Waals surface area contributed by atoms with E-state index >= 15 is 0 Å². The molecule has 0 N–H and O–H groups in total. The molecule has 1 aliphatic rings. The van der Waals surface area contributed by atoms with E-state index in [1.54, 1.807) is 25.5 Å². The highest BCUT2D eigenvalue weighted by Gasteiger charge is 2.34. The Morgan fingerprint density at radius 3 is 2.58 bits per heavy atom. The number of allylic oxidation sites excluding steroid dienone is 1. The third kappa shape index (κ3) is 3.84. The standard InChI is InChI=1S/C24H22N2O4S/c1-4-30-23(28)20-15(2)25-24-26(21(20)17-12-8-9-13-18(17)29-3)22(27)19(31-24)14-16-10-6-5-7-11-16/h5-14,21H,4H2,1-3H3/b19-14+. The van der Waals surface area contributed by atoms with Crippen molar-refractivity contribution in [3.8, 4) is 5.75 Å². The van der Waals surface area contributed by atoms with Crippen molar-refractivity contribution in [2.75, 3.05) is 13.7 Å². The number of hydrogen-bond donors (Lipinski definition) is 0. The van der Waals surface area contributed by atoms with Crippen molar-refractivity contribution < 1.29 is 14.3 Å². The Hall–Kier alpha value is -3.45. The molecule has 0 amide bonds. The maximum Gasteiger partial charge on any atom is 0.338 e. The van der Waals surface area contributed by atoms with Gasteiger partial charge in [-0.25, -0.2) is 9.79 Å². The first-order chi connectivity index (χ1) is 15.0. The van der Waals surface area contributed by atoms with Crippen molar-refractivity contribution in [1.82, 2.24) is 4.57 Å². The van der Waals surface area contributed by atoms with E-state index in [0.717, 1.165) is 5.56 Å². The lowest BCUT2D eigenvalue weighted by Gasteiger charge is -2.25. The zero-order chi connectivity index (χ0) is 22.0. The molecule has 3 aromatic rings. The highest BCUT2D eigenvalue weighted by atomic mass is 32.1. The second kappa shape index (κ2) is 8.73. The Morgan fingerprint density at radius 2 is 1.87 bits per heavy atom. The van der Waals surface area contributed by atoms with Crippen molar-refractivity contribution >= 4 is 23.4 Å². The second-order valence-electron chi connectivity index (χ2n) is 6.95. The van der Waals surface area contributed by atoms with Crippen LogP contribution in [0.2, 0.25) is 0 Å². The fourth-order valence-corrected chi connectivity index (χ4v) is 4.73. The van der Waals surface area contributed by atoms with E-state index in [1.807, 2.05) is 60.7 Å². The zero-order valence-corrected chi connectivity index (χ0v) is 18.3. The van der Waals surface area contributed by atoms with Gasteiger partial charge in [0.2, 0.25) is 0 Å². The molecule has 0 saturated carbocycles. The number of ether oxygens (including phenoxy) is 2. The normalized spacial score (nSPS) is 16.0. The summed E-state index contributed by atoms with van der Waals surface area (Å²) in [5.41, 5.74) is 2.28. The molecular formula is C24H22N2O4S. The fourth-order valence-electron chi connectivity index (χ4n) is 3.68. The van der Waals surface area contributed by atoms with Gasteiger partial charge >= 0.3 is 5.97 Å². The van der Waals surface area contributed by atoms with E-state index in [9.17, 15) is 9.59 Å². The SMILES string of the molecule is CCOC(=O)C1=C(C)N=c2s/c(=C/c3ccccc3)c(=O)n2C1c1ccccc1OC. The summed E-state index contributed by atoms with van der Waals surface area (Å²) in [6.45, 7) is 3.75. The number of carbonyl (C=O) groups excluding carboxylic acids is 1. The molecule has 1 aromatic heterocycles. The average molecular weight is 435 g/mol. The smallest absolute Gasteiger partial charge is 0.338 e. The molecule has 1 unspecified atom stereocenters. The molecular weight excluding hydrogens is 412 g/mol. The Bertz CT molecular complexity index is 1340. The summed E-state index contributed by atoms with van der Waals surface area (Å²) in [6, 6.07) is 16.3. The number of benzene rings is 2. The topological polar surface area (TPSA) is 69.9 Å². The molecule has 7 heteroatoms. The predicted octanol–water partition coefficient (Wildman–Crippen LogP) is 2.81. The Labute approximate surface area is 183 Å². The molecule has 1 atom stereocenters. The number of rotatable bonds is 5. The molecule has 6 nitrogen and oxygen atoms in total. The van der Waals surface area contributed by atoms with Crippen molar-refractivity contribution in [2.24, 2.45) is 4.99 Å². The fraction of sp³-hybridized carbons (Fsp3) is 0.208. The van der Waals surface area contributed by atoms with E-state index < -0.39 is 12.0 Å². The first-order valence-corrected chi connectivity index (χ1v) is 10.7. The maximum atomic E-state index is 13.5. The Kier molecular flexibility index (Phi) is 5.86. The number of para-hydroxylation sites is 1. The summed E-state index contributed by atoms with van der Waals surface area (Å²) in [5.74, 6) is 0.0960. The summed E-state index contributed by atoms with van der Waals surface area (Å²) in [6.07, 6.45) is 1.84. The highest BCUT2D eigenvalue weighted by molar-refractivity contribution is 7.07. The largest absolute Gasteiger partial charge is 0.496 e. The van der Waals surface area contributed by atoms with Gasteiger partial charge in [0.15, 0.2) is 4.80 Å². The Morgan fingerprint density at radius 1 is 1.16 bits per heavy atom. The quantitative estimate of drug-likeness (QED) is 0.579. The van der Waals surface area contributed by atoms with Crippen molar-refractivity contribution in [2.45, 2.75) is 19.9 Å². The molecule has 2 aromatic carbocycles. The minimum absolute atomic E-state index is 0.210. The minimum Gasteiger partial charge on any atom is -0.496 e. The van der Waals surface area contributed by atoms with Gasteiger partial charge in [-0.15, -0.1) is 0 Å². The van der Waals surface area contributed by atoms with Crippen LogP contribution in [0.15, 0.2) is 75.7 Å². The van der Waals surface area contributed by atoms with Crippen LogP contribution in [0.1, 0.15) is 31.0 Å². The summed E-state index contributed by atoms with van der Waals surface area (Å²) in [5, 5.41) is 0. The van der Waals surface area contributed by atoms with Gasteiger partial charge in [-0.05, 0) is 31.6 Å². The summed E-state index contributed by atoms with van der Waals surface area (Å²) in [7, 11) is 1.57. The number of methoxy groups -OCH3 is 1. The lowest BCUT2D eigenvalue weighted by Crippen LogP contribution is -2.40. The molecule has 158 valence electrons. The molecule has 0 bridgehead atoms. The lowest BCUT2D eigenvalue weighted by molar-refractivity contribution is -0.139. The van der Waals surface area contributed by atoms with Gasteiger partial charge in [0.1, 0.15) is 11.8 Å². The molecule has 0 fully saturated rings. The summed E-state index contributed by atoms with van der Waals surface area (Å²) < 4.78 is 13.0. The van der Waals surface area contributed by atoms with Crippen LogP contribution >= 0.6 is 11.3 Å². The van der Waals surface area contributed by atoms with Crippen LogP contribution in [0, 0.1) is 0 Å². The predicted molar refractivity (Wildman–Crippen MR) is 120 cm³/mol. The van der Waals surface area contributed by atoms with E-state index in [4.69, 9.17) is 9.47 Å². The van der Waals surface area contributed by atoms with Crippen molar-refractivity contribution in [3.05, 3.63) is 96.7 Å². The number of fused-ring (bicyclic) bond motifs is 1.